The van der Waals surface area contributed by atoms with E-state index in [9.17, 15) is 15.4 Å². The highest BCUT2D eigenvalue weighted by atomic mass is 16.8. The highest BCUT2D eigenvalue weighted by molar-refractivity contribution is 5.59. The van der Waals surface area contributed by atoms with E-state index in [2.05, 4.69) is 5.32 Å². The molecule has 5 N–H and O–H groups in total. The fourth-order valence-electron chi connectivity index (χ4n) is 2.10. The SMILES string of the molecule is Cc1cc(N([O-])O)ccc1N[C@@H]1O[C@H](CO)[C@@H](O)[C@H]1O. The molecule has 0 amide bonds. The zero-order valence-corrected chi connectivity index (χ0v) is 10.8. The molecule has 4 atom stereocenters. The van der Waals surface area contributed by atoms with E-state index in [1.54, 1.807) is 13.0 Å². The van der Waals surface area contributed by atoms with Crippen molar-refractivity contribution in [2.75, 3.05) is 17.2 Å². The Morgan fingerprint density at radius 3 is 2.55 bits per heavy atom. The lowest BCUT2D eigenvalue weighted by molar-refractivity contribution is -0.0153. The van der Waals surface area contributed by atoms with Crippen molar-refractivity contribution >= 4 is 11.4 Å². The average molecular weight is 285 g/mol. The van der Waals surface area contributed by atoms with Crippen molar-refractivity contribution in [3.05, 3.63) is 29.0 Å². The molecule has 0 unspecified atom stereocenters. The molecule has 8 heteroatoms. The first-order chi connectivity index (χ1) is 9.43. The van der Waals surface area contributed by atoms with Crippen LogP contribution in [0.5, 0.6) is 0 Å². The summed E-state index contributed by atoms with van der Waals surface area (Å²) in [6, 6.07) is 4.39. The third-order valence-electron chi connectivity index (χ3n) is 3.27. The molecule has 112 valence electrons. The number of aryl methyl sites for hydroxylation is 1. The largest absolute Gasteiger partial charge is 0.733 e. The molecule has 0 bridgehead atoms. The summed E-state index contributed by atoms with van der Waals surface area (Å²) in [5.41, 5.74) is 1.30. The number of rotatable bonds is 4. The van der Waals surface area contributed by atoms with Crippen molar-refractivity contribution < 1.29 is 25.3 Å². The van der Waals surface area contributed by atoms with E-state index in [1.165, 1.54) is 12.1 Å². The topological polar surface area (TPSA) is 128 Å². The van der Waals surface area contributed by atoms with Gasteiger partial charge in [-0.25, -0.2) is 0 Å². The van der Waals surface area contributed by atoms with Gasteiger partial charge in [-0.15, -0.1) is 0 Å². The predicted octanol–water partition coefficient (Wildman–Crippen LogP) is -0.461. The molecule has 0 aromatic heterocycles. The Morgan fingerprint density at radius 2 is 2.05 bits per heavy atom. The summed E-state index contributed by atoms with van der Waals surface area (Å²) < 4.78 is 5.29. The van der Waals surface area contributed by atoms with Gasteiger partial charge in [-0.3, -0.25) is 5.21 Å². The van der Waals surface area contributed by atoms with Gasteiger partial charge >= 0.3 is 0 Å². The Bertz CT molecular complexity index is 469. The normalized spacial score (nSPS) is 29.5. The van der Waals surface area contributed by atoms with Crippen molar-refractivity contribution in [1.29, 1.82) is 0 Å². The van der Waals surface area contributed by atoms with E-state index in [-0.39, 0.29) is 10.9 Å². The van der Waals surface area contributed by atoms with Crippen LogP contribution in [0.15, 0.2) is 18.2 Å². The monoisotopic (exact) mass is 285 g/mol. The summed E-state index contributed by atoms with van der Waals surface area (Å²) >= 11 is 0. The van der Waals surface area contributed by atoms with Crippen molar-refractivity contribution in [3.8, 4) is 0 Å². The van der Waals surface area contributed by atoms with Crippen LogP contribution in [-0.2, 0) is 4.74 Å². The van der Waals surface area contributed by atoms with Gasteiger partial charge in [0, 0.05) is 5.69 Å². The average Bonchev–Trinajstić information content (AvgIpc) is 2.68. The maximum Gasteiger partial charge on any atom is 0.157 e. The summed E-state index contributed by atoms with van der Waals surface area (Å²) in [5.74, 6) is 0. The number of nitrogens with zero attached hydrogens (tertiary/aromatic N) is 1. The smallest absolute Gasteiger partial charge is 0.157 e. The minimum absolute atomic E-state index is 0.0780. The molecule has 1 aliphatic heterocycles. The molecule has 0 radical (unpaired) electrons. The van der Waals surface area contributed by atoms with E-state index >= 15 is 0 Å². The van der Waals surface area contributed by atoms with Crippen LogP contribution in [0.1, 0.15) is 5.56 Å². The number of ether oxygens (including phenoxy) is 1. The molecular weight excluding hydrogens is 268 g/mol. The Balaban J connectivity index is 2.11. The Kier molecular flexibility index (Phi) is 4.43. The number of nitrogens with one attached hydrogen (secondary N) is 1. The maximum absolute atomic E-state index is 10.8. The number of hydrogen-bond donors (Lipinski definition) is 5. The molecule has 0 spiro atoms. The van der Waals surface area contributed by atoms with Crippen LogP contribution < -0.4 is 10.5 Å². The van der Waals surface area contributed by atoms with Gasteiger partial charge in [0.25, 0.3) is 0 Å². The number of aliphatic hydroxyl groups excluding tert-OH is 3. The fourth-order valence-corrected chi connectivity index (χ4v) is 2.10. The lowest BCUT2D eigenvalue weighted by Gasteiger charge is -2.24. The van der Waals surface area contributed by atoms with Gasteiger partial charge < -0.3 is 35.8 Å². The van der Waals surface area contributed by atoms with Gasteiger partial charge in [0.05, 0.1) is 12.3 Å². The number of benzene rings is 1. The van der Waals surface area contributed by atoms with E-state index in [1.807, 2.05) is 0 Å². The third-order valence-corrected chi connectivity index (χ3v) is 3.27. The van der Waals surface area contributed by atoms with E-state index in [0.29, 0.717) is 11.3 Å². The third kappa shape index (κ3) is 2.85. The van der Waals surface area contributed by atoms with Gasteiger partial charge in [-0.2, -0.15) is 0 Å². The lowest BCUT2D eigenvalue weighted by Crippen LogP contribution is -2.36. The first-order valence-electron chi connectivity index (χ1n) is 6.10. The Morgan fingerprint density at radius 1 is 1.35 bits per heavy atom. The fraction of sp³-hybridized carbons (Fsp3) is 0.500. The second-order valence-electron chi connectivity index (χ2n) is 4.68. The second kappa shape index (κ2) is 5.92. The van der Waals surface area contributed by atoms with Crippen molar-refractivity contribution in [2.45, 2.75) is 31.5 Å². The van der Waals surface area contributed by atoms with Gasteiger partial charge in [0.1, 0.15) is 18.3 Å². The van der Waals surface area contributed by atoms with E-state index < -0.39 is 31.1 Å². The van der Waals surface area contributed by atoms with E-state index in [0.717, 1.165) is 0 Å². The molecule has 1 aromatic carbocycles. The first kappa shape index (κ1) is 15.0. The van der Waals surface area contributed by atoms with Crippen LogP contribution >= 0.6 is 0 Å². The molecule has 1 saturated heterocycles. The molecule has 0 aliphatic carbocycles. The van der Waals surface area contributed by atoms with Gasteiger partial charge in [-0.05, 0) is 30.7 Å². The number of aliphatic hydroxyl groups is 3. The number of hydrogen-bond acceptors (Lipinski definition) is 8. The first-order valence-corrected chi connectivity index (χ1v) is 6.10. The quantitative estimate of drug-likeness (QED) is 0.470. The predicted molar refractivity (Wildman–Crippen MR) is 70.2 cm³/mol. The molecule has 1 aromatic rings. The minimum atomic E-state index is -1.18. The highest BCUT2D eigenvalue weighted by Gasteiger charge is 2.42. The molecule has 1 fully saturated rings. The van der Waals surface area contributed by atoms with E-state index in [4.69, 9.17) is 15.1 Å². The second-order valence-corrected chi connectivity index (χ2v) is 4.68. The van der Waals surface area contributed by atoms with Crippen LogP contribution in [0.2, 0.25) is 0 Å². The van der Waals surface area contributed by atoms with Gasteiger partial charge in [0.15, 0.2) is 6.23 Å². The van der Waals surface area contributed by atoms with Crippen molar-refractivity contribution in [3.63, 3.8) is 0 Å². The summed E-state index contributed by atoms with van der Waals surface area (Å²) in [6.07, 6.45) is -4.08. The van der Waals surface area contributed by atoms with Crippen molar-refractivity contribution in [2.24, 2.45) is 0 Å². The molecule has 1 heterocycles. The standard InChI is InChI=1S/C12H17N2O6/c1-6-4-7(14(18)19)2-3-8(6)13-12-11(17)10(16)9(5-15)20-12/h2-4,9-13,15-18H,5H2,1H3/q-1/t9-,10-,11-,12-/m1/s1. The molecule has 2 rings (SSSR count). The van der Waals surface area contributed by atoms with Crippen LogP contribution in [0.25, 0.3) is 0 Å². The molecule has 8 nitrogen and oxygen atoms in total. The molecule has 0 saturated carbocycles. The summed E-state index contributed by atoms with van der Waals surface area (Å²) in [6.45, 7) is 1.31. The maximum atomic E-state index is 10.8. The highest BCUT2D eigenvalue weighted by Crippen LogP contribution is 2.26. The van der Waals surface area contributed by atoms with Gasteiger partial charge in [0.2, 0.25) is 0 Å². The zero-order valence-electron chi connectivity index (χ0n) is 10.8. The number of anilines is 2. The molecule has 1 aliphatic rings. The minimum Gasteiger partial charge on any atom is -0.733 e. The summed E-state index contributed by atoms with van der Waals surface area (Å²) in [4.78, 5) is 0. The summed E-state index contributed by atoms with van der Waals surface area (Å²) in [5, 5.41) is 50.6. The van der Waals surface area contributed by atoms with Crippen molar-refractivity contribution in [1.82, 2.24) is 0 Å². The van der Waals surface area contributed by atoms with Crippen LogP contribution in [-0.4, -0.2) is 51.7 Å². The Hall–Kier alpha value is -1.42. The summed E-state index contributed by atoms with van der Waals surface area (Å²) in [7, 11) is 0. The Labute approximate surface area is 115 Å². The van der Waals surface area contributed by atoms with Gasteiger partial charge in [-0.1, -0.05) is 0 Å². The molecular formula is C12H17N2O6-. The lowest BCUT2D eigenvalue weighted by atomic mass is 10.1. The molecule has 20 heavy (non-hydrogen) atoms. The van der Waals surface area contributed by atoms with Crippen LogP contribution in [0.3, 0.4) is 0 Å². The zero-order chi connectivity index (χ0) is 14.9. The van der Waals surface area contributed by atoms with Crippen LogP contribution in [0, 0.1) is 12.1 Å². The van der Waals surface area contributed by atoms with Crippen LogP contribution in [0.4, 0.5) is 11.4 Å².